The third-order valence-corrected chi connectivity index (χ3v) is 3.72. The molecule has 1 rings (SSSR count). The number of aliphatic carboxylic acids is 1. The summed E-state index contributed by atoms with van der Waals surface area (Å²) in [5.41, 5.74) is 1.02. The molecule has 4 N–H and O–H groups in total. The molecule has 0 saturated heterocycles. The Kier molecular flexibility index (Phi) is 5.99. The summed E-state index contributed by atoms with van der Waals surface area (Å²) in [4.78, 5) is 21.7. The SMILES string of the molecule is NS(=O)(=O)Cc1ccc(NC(=O)CSCC(=O)O)cc1. The number of nitrogens with two attached hydrogens (primary N) is 1. The molecule has 0 aromatic heterocycles. The van der Waals surface area contributed by atoms with Gasteiger partial charge in [0.1, 0.15) is 0 Å². The van der Waals surface area contributed by atoms with Gasteiger partial charge in [-0.3, -0.25) is 9.59 Å². The summed E-state index contributed by atoms with van der Waals surface area (Å²) in [6.07, 6.45) is 0. The molecule has 20 heavy (non-hydrogen) atoms. The van der Waals surface area contributed by atoms with E-state index in [9.17, 15) is 18.0 Å². The number of carbonyl (C=O) groups is 2. The average Bonchev–Trinajstić information content (AvgIpc) is 2.29. The molecule has 1 amide bonds. The van der Waals surface area contributed by atoms with E-state index in [4.69, 9.17) is 10.2 Å². The van der Waals surface area contributed by atoms with Crippen molar-refractivity contribution in [3.8, 4) is 0 Å². The summed E-state index contributed by atoms with van der Waals surface area (Å²) in [7, 11) is -3.58. The molecule has 0 bridgehead atoms. The molecule has 0 spiro atoms. The van der Waals surface area contributed by atoms with Crippen molar-refractivity contribution in [2.24, 2.45) is 5.14 Å². The van der Waals surface area contributed by atoms with Gasteiger partial charge in [0, 0.05) is 5.69 Å². The lowest BCUT2D eigenvalue weighted by molar-refractivity contribution is -0.133. The molecular weight excluding hydrogens is 304 g/mol. The minimum atomic E-state index is -3.58. The van der Waals surface area contributed by atoms with Crippen molar-refractivity contribution in [3.63, 3.8) is 0 Å². The van der Waals surface area contributed by atoms with Crippen molar-refractivity contribution in [2.45, 2.75) is 5.75 Å². The summed E-state index contributed by atoms with van der Waals surface area (Å²) in [6, 6.07) is 6.20. The number of benzene rings is 1. The quantitative estimate of drug-likeness (QED) is 0.660. The van der Waals surface area contributed by atoms with E-state index >= 15 is 0 Å². The number of carboxylic acids is 1. The van der Waals surface area contributed by atoms with Gasteiger partial charge in [-0.15, -0.1) is 11.8 Å². The van der Waals surface area contributed by atoms with Crippen LogP contribution in [0, 0.1) is 0 Å². The van der Waals surface area contributed by atoms with Gasteiger partial charge in [-0.2, -0.15) is 0 Å². The Hall–Kier alpha value is -1.58. The van der Waals surface area contributed by atoms with E-state index in [0.717, 1.165) is 11.8 Å². The second kappa shape index (κ2) is 7.27. The lowest BCUT2D eigenvalue weighted by atomic mass is 10.2. The molecule has 0 aliphatic rings. The number of hydrogen-bond donors (Lipinski definition) is 3. The predicted molar refractivity (Wildman–Crippen MR) is 76.8 cm³/mol. The van der Waals surface area contributed by atoms with Crippen molar-refractivity contribution < 1.29 is 23.1 Å². The topological polar surface area (TPSA) is 127 Å². The zero-order valence-corrected chi connectivity index (χ0v) is 12.0. The number of carbonyl (C=O) groups excluding carboxylic acids is 1. The first kappa shape index (κ1) is 16.5. The molecule has 0 unspecified atom stereocenters. The van der Waals surface area contributed by atoms with E-state index in [-0.39, 0.29) is 23.2 Å². The summed E-state index contributed by atoms with van der Waals surface area (Å²) >= 11 is 0.992. The Labute approximate surface area is 120 Å². The summed E-state index contributed by atoms with van der Waals surface area (Å²) in [6.45, 7) is 0. The second-order valence-corrected chi connectivity index (χ2v) is 6.54. The number of thioether (sulfide) groups is 1. The monoisotopic (exact) mass is 318 g/mol. The van der Waals surface area contributed by atoms with Gasteiger partial charge in [-0.25, -0.2) is 13.6 Å². The molecule has 9 heteroatoms. The van der Waals surface area contributed by atoms with E-state index in [1.807, 2.05) is 0 Å². The molecular formula is C11H14N2O5S2. The maximum atomic E-state index is 11.5. The molecule has 1 aromatic rings. The number of nitrogens with one attached hydrogen (secondary N) is 1. The normalized spacial score (nSPS) is 11.1. The number of primary sulfonamides is 1. The van der Waals surface area contributed by atoms with Gasteiger partial charge < -0.3 is 10.4 Å². The fourth-order valence-corrected chi connectivity index (χ4v) is 2.54. The van der Waals surface area contributed by atoms with Crippen molar-refractivity contribution in [3.05, 3.63) is 29.8 Å². The average molecular weight is 318 g/mol. The Balaban J connectivity index is 2.49. The second-order valence-electron chi connectivity index (χ2n) is 3.94. The van der Waals surface area contributed by atoms with E-state index in [1.54, 1.807) is 24.3 Å². The van der Waals surface area contributed by atoms with Crippen LogP contribution in [-0.2, 0) is 25.4 Å². The fraction of sp³-hybridized carbons (Fsp3) is 0.273. The Morgan fingerprint density at radius 2 is 1.80 bits per heavy atom. The lowest BCUT2D eigenvalue weighted by Crippen LogP contribution is -2.16. The van der Waals surface area contributed by atoms with Gasteiger partial charge in [-0.05, 0) is 17.7 Å². The molecule has 0 aliphatic heterocycles. The molecule has 0 atom stereocenters. The number of amides is 1. The van der Waals surface area contributed by atoms with Crippen LogP contribution in [0.4, 0.5) is 5.69 Å². The van der Waals surface area contributed by atoms with Crippen molar-refractivity contribution in [2.75, 3.05) is 16.8 Å². The third-order valence-electron chi connectivity index (χ3n) is 2.06. The molecule has 0 aliphatic carbocycles. The Morgan fingerprint density at radius 3 is 2.30 bits per heavy atom. The van der Waals surface area contributed by atoms with Crippen LogP contribution in [-0.4, -0.2) is 36.9 Å². The van der Waals surface area contributed by atoms with E-state index in [2.05, 4.69) is 5.32 Å². The Bertz CT molecular complexity index is 583. The first-order valence-corrected chi connectivity index (χ1v) is 8.32. The molecule has 0 radical (unpaired) electrons. The number of hydrogen-bond acceptors (Lipinski definition) is 5. The van der Waals surface area contributed by atoms with Crippen LogP contribution < -0.4 is 10.5 Å². The van der Waals surface area contributed by atoms with Crippen LogP contribution in [0.5, 0.6) is 0 Å². The minimum Gasteiger partial charge on any atom is -0.481 e. The standard InChI is InChI=1S/C11H14N2O5S2/c12-20(17,18)7-8-1-3-9(4-2-8)13-10(14)5-19-6-11(15)16/h1-4H,5-7H2,(H,13,14)(H,15,16)(H2,12,17,18). The molecule has 0 saturated carbocycles. The van der Waals surface area contributed by atoms with Crippen LogP contribution >= 0.6 is 11.8 Å². The van der Waals surface area contributed by atoms with Gasteiger partial charge in [0.15, 0.2) is 0 Å². The van der Waals surface area contributed by atoms with Gasteiger partial charge in [0.2, 0.25) is 15.9 Å². The summed E-state index contributed by atoms with van der Waals surface area (Å²) in [5, 5.41) is 15.9. The molecule has 1 aromatic carbocycles. The molecule has 110 valence electrons. The molecule has 0 fully saturated rings. The van der Waals surface area contributed by atoms with Crippen LogP contribution in [0.15, 0.2) is 24.3 Å². The Morgan fingerprint density at radius 1 is 1.20 bits per heavy atom. The highest BCUT2D eigenvalue weighted by Gasteiger charge is 2.07. The van der Waals surface area contributed by atoms with Gasteiger partial charge >= 0.3 is 5.97 Å². The van der Waals surface area contributed by atoms with E-state index in [1.165, 1.54) is 0 Å². The third kappa shape index (κ3) is 7.12. The minimum absolute atomic E-state index is 0.0330. The maximum Gasteiger partial charge on any atom is 0.313 e. The molecule has 7 nitrogen and oxygen atoms in total. The smallest absolute Gasteiger partial charge is 0.313 e. The lowest BCUT2D eigenvalue weighted by Gasteiger charge is -2.05. The van der Waals surface area contributed by atoms with Gasteiger partial charge in [0.25, 0.3) is 0 Å². The highest BCUT2D eigenvalue weighted by Crippen LogP contribution is 2.12. The first-order valence-electron chi connectivity index (χ1n) is 5.45. The van der Waals surface area contributed by atoms with Crippen LogP contribution in [0.3, 0.4) is 0 Å². The first-order chi connectivity index (χ1) is 9.26. The van der Waals surface area contributed by atoms with Crippen LogP contribution in [0.25, 0.3) is 0 Å². The van der Waals surface area contributed by atoms with Crippen molar-refractivity contribution >= 4 is 39.3 Å². The van der Waals surface area contributed by atoms with Crippen LogP contribution in [0.2, 0.25) is 0 Å². The zero-order chi connectivity index (χ0) is 15.2. The molecule has 0 heterocycles. The largest absolute Gasteiger partial charge is 0.481 e. The highest BCUT2D eigenvalue weighted by molar-refractivity contribution is 8.00. The maximum absolute atomic E-state index is 11.5. The summed E-state index contributed by atoms with van der Waals surface area (Å²) in [5.74, 6) is -1.67. The van der Waals surface area contributed by atoms with Crippen molar-refractivity contribution in [1.29, 1.82) is 0 Å². The number of anilines is 1. The van der Waals surface area contributed by atoms with E-state index < -0.39 is 16.0 Å². The zero-order valence-electron chi connectivity index (χ0n) is 10.4. The van der Waals surface area contributed by atoms with Gasteiger partial charge in [0.05, 0.1) is 17.3 Å². The number of sulfonamides is 1. The van der Waals surface area contributed by atoms with Crippen molar-refractivity contribution in [1.82, 2.24) is 0 Å². The number of rotatable bonds is 7. The fourth-order valence-electron chi connectivity index (χ4n) is 1.34. The number of carboxylic acid groups (broad SMARTS) is 1. The highest BCUT2D eigenvalue weighted by atomic mass is 32.2. The summed E-state index contributed by atoms with van der Waals surface area (Å²) < 4.78 is 21.8. The predicted octanol–water partition coefficient (Wildman–Crippen LogP) is 0.231. The van der Waals surface area contributed by atoms with Gasteiger partial charge in [-0.1, -0.05) is 12.1 Å². The van der Waals surface area contributed by atoms with E-state index in [0.29, 0.717) is 11.3 Å². The van der Waals surface area contributed by atoms with Crippen LogP contribution in [0.1, 0.15) is 5.56 Å².